The smallest absolute Gasteiger partial charge is 0.242 e. The van der Waals surface area contributed by atoms with Gasteiger partial charge in [0.15, 0.2) is 0 Å². The van der Waals surface area contributed by atoms with Gasteiger partial charge in [0, 0.05) is 18.2 Å². The maximum Gasteiger partial charge on any atom is 0.242 e. The molecule has 0 radical (unpaired) electrons. The number of benzene rings is 1. The van der Waals surface area contributed by atoms with Crippen molar-refractivity contribution < 1.29 is 13.2 Å². The Hall–Kier alpha value is -0.330. The summed E-state index contributed by atoms with van der Waals surface area (Å²) >= 11 is 11.6. The van der Waals surface area contributed by atoms with Crippen LogP contribution in [0.15, 0.2) is 23.1 Å². The summed E-state index contributed by atoms with van der Waals surface area (Å²) in [5.74, 6) is 0. The molecular weight excluding hydrogens is 297 g/mol. The van der Waals surface area contributed by atoms with Crippen molar-refractivity contribution in [3.63, 3.8) is 0 Å². The molecule has 1 fully saturated rings. The van der Waals surface area contributed by atoms with E-state index in [4.69, 9.17) is 27.9 Å². The van der Waals surface area contributed by atoms with Crippen molar-refractivity contribution in [3.8, 4) is 0 Å². The average Bonchev–Trinajstić information content (AvgIpc) is 2.83. The van der Waals surface area contributed by atoms with Crippen LogP contribution in [-0.2, 0) is 14.8 Å². The Balaban J connectivity index is 2.12. The van der Waals surface area contributed by atoms with Crippen LogP contribution in [0.1, 0.15) is 12.8 Å². The molecule has 18 heavy (non-hydrogen) atoms. The minimum absolute atomic E-state index is 0.00494. The third-order valence-electron chi connectivity index (χ3n) is 2.71. The van der Waals surface area contributed by atoms with Crippen LogP contribution in [0.2, 0.25) is 10.0 Å². The molecule has 2 rings (SSSR count). The van der Waals surface area contributed by atoms with Gasteiger partial charge >= 0.3 is 0 Å². The first-order valence-electron chi connectivity index (χ1n) is 5.55. The zero-order valence-electron chi connectivity index (χ0n) is 9.53. The molecule has 7 heteroatoms. The van der Waals surface area contributed by atoms with Crippen LogP contribution in [0.5, 0.6) is 0 Å². The number of hydrogen-bond acceptors (Lipinski definition) is 3. The number of ether oxygens (including phenoxy) is 1. The summed E-state index contributed by atoms with van der Waals surface area (Å²) in [6.45, 7) is 0.940. The lowest BCUT2D eigenvalue weighted by Crippen LogP contribution is -2.32. The number of rotatable bonds is 4. The van der Waals surface area contributed by atoms with Gasteiger partial charge in [-0.1, -0.05) is 23.2 Å². The molecule has 1 aromatic rings. The fraction of sp³-hybridized carbons (Fsp3) is 0.455. The summed E-state index contributed by atoms with van der Waals surface area (Å²) in [6.07, 6.45) is 1.77. The zero-order valence-corrected chi connectivity index (χ0v) is 11.9. The largest absolute Gasteiger partial charge is 0.377 e. The molecule has 1 atom stereocenters. The minimum Gasteiger partial charge on any atom is -0.377 e. The molecule has 1 N–H and O–H groups in total. The number of hydrogen-bond donors (Lipinski definition) is 1. The quantitative estimate of drug-likeness (QED) is 0.929. The summed E-state index contributed by atoms with van der Waals surface area (Å²) in [6, 6.07) is 4.34. The molecule has 1 saturated heterocycles. The second-order valence-electron chi connectivity index (χ2n) is 4.06. The molecule has 0 spiro atoms. The number of halogens is 2. The zero-order chi connectivity index (χ0) is 13.2. The summed E-state index contributed by atoms with van der Waals surface area (Å²) < 4.78 is 31.9. The molecule has 0 saturated carbocycles. The van der Waals surface area contributed by atoms with Crippen LogP contribution in [0.4, 0.5) is 0 Å². The number of sulfonamides is 1. The summed E-state index contributed by atoms with van der Waals surface area (Å²) in [5, 5.41) is 0.483. The van der Waals surface area contributed by atoms with E-state index in [1.165, 1.54) is 12.1 Å². The lowest BCUT2D eigenvalue weighted by molar-refractivity contribution is 0.114. The molecule has 0 unspecified atom stereocenters. The van der Waals surface area contributed by atoms with Crippen LogP contribution in [0.3, 0.4) is 0 Å². The molecule has 0 bridgehead atoms. The molecule has 0 aromatic heterocycles. The monoisotopic (exact) mass is 309 g/mol. The van der Waals surface area contributed by atoms with E-state index in [1.807, 2.05) is 0 Å². The van der Waals surface area contributed by atoms with E-state index in [1.54, 1.807) is 6.07 Å². The van der Waals surface area contributed by atoms with E-state index in [2.05, 4.69) is 4.72 Å². The molecule has 1 aromatic carbocycles. The van der Waals surface area contributed by atoms with Gasteiger partial charge in [0.2, 0.25) is 10.0 Å². The van der Waals surface area contributed by atoms with Gasteiger partial charge in [-0.2, -0.15) is 0 Å². The van der Waals surface area contributed by atoms with Crippen molar-refractivity contribution in [1.29, 1.82) is 0 Å². The highest BCUT2D eigenvalue weighted by Gasteiger charge is 2.22. The Morgan fingerprint density at radius 1 is 1.39 bits per heavy atom. The highest BCUT2D eigenvalue weighted by atomic mass is 35.5. The summed E-state index contributed by atoms with van der Waals surface area (Å²) in [7, 11) is -3.65. The predicted octanol–water partition coefficient (Wildman–Crippen LogP) is 2.45. The van der Waals surface area contributed by atoms with E-state index < -0.39 is 10.0 Å². The molecule has 100 valence electrons. The predicted molar refractivity (Wildman–Crippen MR) is 70.6 cm³/mol. The molecule has 1 heterocycles. The second-order valence-corrected chi connectivity index (χ2v) is 6.64. The summed E-state index contributed by atoms with van der Waals surface area (Å²) in [5.41, 5.74) is 0. The maximum absolute atomic E-state index is 12.1. The van der Waals surface area contributed by atoms with Gasteiger partial charge < -0.3 is 4.74 Å². The molecule has 1 aliphatic rings. The van der Waals surface area contributed by atoms with E-state index in [9.17, 15) is 8.42 Å². The first-order valence-corrected chi connectivity index (χ1v) is 7.79. The third kappa shape index (κ3) is 3.36. The van der Waals surface area contributed by atoms with E-state index >= 15 is 0 Å². The van der Waals surface area contributed by atoms with Gasteiger partial charge in [0.1, 0.15) is 4.90 Å². The van der Waals surface area contributed by atoms with Crippen molar-refractivity contribution in [2.45, 2.75) is 23.8 Å². The highest BCUT2D eigenvalue weighted by Crippen LogP contribution is 2.25. The minimum atomic E-state index is -3.65. The summed E-state index contributed by atoms with van der Waals surface area (Å²) in [4.78, 5) is -0.00494. The lowest BCUT2D eigenvalue weighted by atomic mass is 10.2. The van der Waals surface area contributed by atoms with Gasteiger partial charge in [-0.15, -0.1) is 0 Å². The Morgan fingerprint density at radius 2 is 2.17 bits per heavy atom. The van der Waals surface area contributed by atoms with Crippen LogP contribution in [0, 0.1) is 0 Å². The van der Waals surface area contributed by atoms with Crippen molar-refractivity contribution >= 4 is 33.2 Å². The average molecular weight is 310 g/mol. The van der Waals surface area contributed by atoms with Crippen LogP contribution < -0.4 is 4.72 Å². The molecular formula is C11H13Cl2NO3S. The van der Waals surface area contributed by atoms with Crippen LogP contribution in [0.25, 0.3) is 0 Å². The van der Waals surface area contributed by atoms with Gasteiger partial charge in [0.25, 0.3) is 0 Å². The van der Waals surface area contributed by atoms with E-state index in [-0.39, 0.29) is 22.6 Å². The fourth-order valence-electron chi connectivity index (χ4n) is 1.77. The Labute approximate surface area is 116 Å². The first-order chi connectivity index (χ1) is 8.49. The molecule has 0 aliphatic carbocycles. The van der Waals surface area contributed by atoms with Gasteiger partial charge in [-0.25, -0.2) is 13.1 Å². The van der Waals surface area contributed by atoms with Gasteiger partial charge in [-0.05, 0) is 31.0 Å². The molecule has 0 amide bonds. The second kappa shape index (κ2) is 5.75. The van der Waals surface area contributed by atoms with Crippen molar-refractivity contribution in [3.05, 3.63) is 28.2 Å². The van der Waals surface area contributed by atoms with E-state index in [0.717, 1.165) is 12.8 Å². The standard InChI is InChI=1S/C11H13Cl2NO3S/c12-8-3-4-10(13)11(6-8)18(15,16)14-7-9-2-1-5-17-9/h3-4,6,9,14H,1-2,5,7H2/t9-/m1/s1. The van der Waals surface area contributed by atoms with Crippen molar-refractivity contribution in [2.75, 3.05) is 13.2 Å². The lowest BCUT2D eigenvalue weighted by Gasteiger charge is -2.12. The van der Waals surface area contributed by atoms with Crippen LogP contribution >= 0.6 is 23.2 Å². The fourth-order valence-corrected chi connectivity index (χ4v) is 3.60. The maximum atomic E-state index is 12.1. The normalized spacial score (nSPS) is 20.2. The van der Waals surface area contributed by atoms with Crippen molar-refractivity contribution in [2.24, 2.45) is 0 Å². The molecule has 4 nitrogen and oxygen atoms in total. The Bertz CT molecular complexity index is 527. The third-order valence-corrected chi connectivity index (χ3v) is 4.85. The highest BCUT2D eigenvalue weighted by molar-refractivity contribution is 7.89. The van der Waals surface area contributed by atoms with Crippen LogP contribution in [-0.4, -0.2) is 27.7 Å². The Kier molecular flexibility index (Phi) is 4.50. The van der Waals surface area contributed by atoms with Gasteiger partial charge in [0.05, 0.1) is 11.1 Å². The first kappa shape index (κ1) is 14.1. The van der Waals surface area contributed by atoms with Gasteiger partial charge in [-0.3, -0.25) is 0 Å². The Morgan fingerprint density at radius 3 is 2.83 bits per heavy atom. The van der Waals surface area contributed by atoms with E-state index in [0.29, 0.717) is 11.6 Å². The van der Waals surface area contributed by atoms with Crippen molar-refractivity contribution in [1.82, 2.24) is 4.72 Å². The SMILES string of the molecule is O=S(=O)(NC[C@H]1CCCO1)c1cc(Cl)ccc1Cl. The molecule has 1 aliphatic heterocycles. The topological polar surface area (TPSA) is 55.4 Å². The number of nitrogens with one attached hydrogen (secondary N) is 1.